The molecule has 1 aliphatic carbocycles. The highest BCUT2D eigenvalue weighted by Crippen LogP contribution is 2.29. The zero-order valence-electron chi connectivity index (χ0n) is 9.89. The fraction of sp³-hybridized carbons (Fsp3) is 0.917. The molecule has 0 spiro atoms. The molecule has 1 amide bonds. The number of carbonyl (C=O) groups is 1. The minimum atomic E-state index is -0.238. The van der Waals surface area contributed by atoms with Gasteiger partial charge in [0.25, 0.3) is 0 Å². The zero-order valence-corrected chi connectivity index (χ0v) is 9.89. The Morgan fingerprint density at radius 1 is 1.38 bits per heavy atom. The van der Waals surface area contributed by atoms with Crippen molar-refractivity contribution in [3.05, 3.63) is 0 Å². The first-order valence-corrected chi connectivity index (χ1v) is 6.23. The van der Waals surface area contributed by atoms with E-state index in [-0.39, 0.29) is 18.1 Å². The maximum absolute atomic E-state index is 11.9. The van der Waals surface area contributed by atoms with Crippen molar-refractivity contribution in [1.82, 2.24) is 4.90 Å². The number of carbonyl (C=O) groups excluding carboxylic acids is 1. The molecule has 2 aliphatic rings. The fourth-order valence-corrected chi connectivity index (χ4v) is 2.75. The Bertz CT molecular complexity index is 257. The first-order valence-electron chi connectivity index (χ1n) is 6.23. The van der Waals surface area contributed by atoms with E-state index in [1.54, 1.807) is 0 Å². The number of hydrogen-bond acceptors (Lipinski definition) is 3. The van der Waals surface area contributed by atoms with E-state index in [9.17, 15) is 9.90 Å². The predicted molar refractivity (Wildman–Crippen MR) is 60.0 cm³/mol. The van der Waals surface area contributed by atoms with Gasteiger partial charge in [0, 0.05) is 12.6 Å². The van der Waals surface area contributed by atoms with Crippen LogP contribution in [0.2, 0.25) is 0 Å². The second kappa shape index (κ2) is 5.15. The topological polar surface area (TPSA) is 49.8 Å². The monoisotopic (exact) mass is 227 g/mol. The molecule has 3 atom stereocenters. The van der Waals surface area contributed by atoms with Crippen LogP contribution in [0.5, 0.6) is 0 Å². The smallest absolute Gasteiger partial charge is 0.225 e. The van der Waals surface area contributed by atoms with Gasteiger partial charge in [-0.1, -0.05) is 6.92 Å². The number of hydrogen-bond donors (Lipinski definition) is 1. The Morgan fingerprint density at radius 2 is 2.19 bits per heavy atom. The van der Waals surface area contributed by atoms with Crippen molar-refractivity contribution < 1.29 is 14.6 Å². The molecule has 2 rings (SSSR count). The highest BCUT2D eigenvalue weighted by molar-refractivity contribution is 5.76. The van der Waals surface area contributed by atoms with Gasteiger partial charge in [0.1, 0.15) is 0 Å². The van der Waals surface area contributed by atoms with Crippen LogP contribution in [0.15, 0.2) is 0 Å². The van der Waals surface area contributed by atoms with Gasteiger partial charge >= 0.3 is 0 Å². The van der Waals surface area contributed by atoms with Crippen LogP contribution < -0.4 is 0 Å². The largest absolute Gasteiger partial charge is 0.393 e. The van der Waals surface area contributed by atoms with Crippen LogP contribution in [0.25, 0.3) is 0 Å². The van der Waals surface area contributed by atoms with Crippen molar-refractivity contribution in [3.8, 4) is 0 Å². The summed E-state index contributed by atoms with van der Waals surface area (Å²) in [6, 6.07) is 0.206. The van der Waals surface area contributed by atoms with Gasteiger partial charge in [-0.3, -0.25) is 4.79 Å². The summed E-state index contributed by atoms with van der Waals surface area (Å²) in [6.45, 7) is 4.03. The number of amides is 1. The SMILES string of the molecule is CC1CCC(O)CC1N1CCOCCC1=O. The highest BCUT2D eigenvalue weighted by atomic mass is 16.5. The van der Waals surface area contributed by atoms with E-state index in [2.05, 4.69) is 6.92 Å². The van der Waals surface area contributed by atoms with Crippen molar-refractivity contribution in [2.24, 2.45) is 5.92 Å². The molecule has 0 aromatic carbocycles. The summed E-state index contributed by atoms with van der Waals surface area (Å²) in [5.74, 6) is 0.675. The lowest BCUT2D eigenvalue weighted by Crippen LogP contribution is -2.48. The lowest BCUT2D eigenvalue weighted by atomic mass is 9.83. The molecule has 1 heterocycles. The van der Waals surface area contributed by atoms with E-state index in [0.717, 1.165) is 19.3 Å². The van der Waals surface area contributed by atoms with Crippen LogP contribution in [0, 0.1) is 5.92 Å². The number of nitrogens with zero attached hydrogens (tertiary/aromatic N) is 1. The van der Waals surface area contributed by atoms with E-state index >= 15 is 0 Å². The molecule has 0 radical (unpaired) electrons. The Hall–Kier alpha value is -0.610. The molecule has 0 aromatic heterocycles. The standard InChI is InChI=1S/C12H21NO3/c1-9-2-3-10(14)8-11(9)13-5-7-16-6-4-12(13)15/h9-11,14H,2-8H2,1H3. The molecule has 92 valence electrons. The molecule has 4 heteroatoms. The minimum Gasteiger partial charge on any atom is -0.393 e. The van der Waals surface area contributed by atoms with Crippen LogP contribution in [-0.4, -0.2) is 47.8 Å². The Morgan fingerprint density at radius 3 is 3.00 bits per heavy atom. The average Bonchev–Trinajstić information content (AvgIpc) is 2.47. The van der Waals surface area contributed by atoms with Gasteiger partial charge in [-0.25, -0.2) is 0 Å². The van der Waals surface area contributed by atoms with Crippen LogP contribution in [-0.2, 0) is 9.53 Å². The van der Waals surface area contributed by atoms with E-state index < -0.39 is 0 Å². The molecule has 1 N–H and O–H groups in total. The molecule has 2 fully saturated rings. The number of aliphatic hydroxyl groups excluding tert-OH is 1. The van der Waals surface area contributed by atoms with Gasteiger partial charge in [0.2, 0.25) is 5.91 Å². The van der Waals surface area contributed by atoms with E-state index in [1.165, 1.54) is 0 Å². The van der Waals surface area contributed by atoms with Gasteiger partial charge in [0.15, 0.2) is 0 Å². The van der Waals surface area contributed by atoms with Gasteiger partial charge in [-0.15, -0.1) is 0 Å². The molecular weight excluding hydrogens is 206 g/mol. The summed E-state index contributed by atoms with van der Waals surface area (Å²) in [5.41, 5.74) is 0. The quantitative estimate of drug-likeness (QED) is 0.720. The van der Waals surface area contributed by atoms with Gasteiger partial charge in [-0.05, 0) is 25.2 Å². The van der Waals surface area contributed by atoms with Crippen LogP contribution >= 0.6 is 0 Å². The van der Waals surface area contributed by atoms with Crippen molar-refractivity contribution >= 4 is 5.91 Å². The second-order valence-electron chi connectivity index (χ2n) is 4.96. The maximum Gasteiger partial charge on any atom is 0.225 e. The third-order valence-corrected chi connectivity index (χ3v) is 3.78. The third-order valence-electron chi connectivity index (χ3n) is 3.78. The second-order valence-corrected chi connectivity index (χ2v) is 4.96. The van der Waals surface area contributed by atoms with Crippen molar-refractivity contribution in [2.45, 2.75) is 44.8 Å². The van der Waals surface area contributed by atoms with E-state index in [4.69, 9.17) is 4.74 Å². The summed E-state index contributed by atoms with van der Waals surface area (Å²) < 4.78 is 5.32. The van der Waals surface area contributed by atoms with Gasteiger partial charge < -0.3 is 14.7 Å². The molecule has 16 heavy (non-hydrogen) atoms. The molecule has 1 saturated heterocycles. The number of aliphatic hydroxyl groups is 1. The molecule has 4 nitrogen and oxygen atoms in total. The maximum atomic E-state index is 11.9. The first-order chi connectivity index (χ1) is 7.68. The van der Waals surface area contributed by atoms with E-state index in [1.807, 2.05) is 4.90 Å². The van der Waals surface area contributed by atoms with Crippen molar-refractivity contribution in [3.63, 3.8) is 0 Å². The molecular formula is C12H21NO3. The summed E-state index contributed by atoms with van der Waals surface area (Å²) in [4.78, 5) is 13.9. The summed E-state index contributed by atoms with van der Waals surface area (Å²) >= 11 is 0. The molecule has 0 aromatic rings. The summed E-state index contributed by atoms with van der Waals surface area (Å²) in [7, 11) is 0. The molecule has 1 saturated carbocycles. The minimum absolute atomic E-state index is 0.184. The number of ether oxygens (including phenoxy) is 1. The van der Waals surface area contributed by atoms with E-state index in [0.29, 0.717) is 32.1 Å². The average molecular weight is 227 g/mol. The summed E-state index contributed by atoms with van der Waals surface area (Å²) in [5, 5.41) is 9.72. The normalized spacial score (nSPS) is 37.2. The Kier molecular flexibility index (Phi) is 3.82. The zero-order chi connectivity index (χ0) is 11.5. The predicted octanol–water partition coefficient (Wildman–Crippen LogP) is 0.785. The lowest BCUT2D eigenvalue weighted by Gasteiger charge is -2.39. The third kappa shape index (κ3) is 2.55. The molecule has 0 bridgehead atoms. The molecule has 3 unspecified atom stereocenters. The van der Waals surface area contributed by atoms with Crippen molar-refractivity contribution in [1.29, 1.82) is 0 Å². The van der Waals surface area contributed by atoms with Gasteiger partial charge in [-0.2, -0.15) is 0 Å². The van der Waals surface area contributed by atoms with Crippen LogP contribution in [0.4, 0.5) is 0 Å². The van der Waals surface area contributed by atoms with Crippen LogP contribution in [0.3, 0.4) is 0 Å². The Balaban J connectivity index is 2.05. The summed E-state index contributed by atoms with van der Waals surface area (Å²) in [6.07, 6.45) is 2.86. The van der Waals surface area contributed by atoms with Crippen molar-refractivity contribution in [2.75, 3.05) is 19.8 Å². The van der Waals surface area contributed by atoms with Crippen LogP contribution in [0.1, 0.15) is 32.6 Å². The van der Waals surface area contributed by atoms with Gasteiger partial charge in [0.05, 0.1) is 25.7 Å². The lowest BCUT2D eigenvalue weighted by molar-refractivity contribution is -0.135. The highest BCUT2D eigenvalue weighted by Gasteiger charge is 2.34. The molecule has 1 aliphatic heterocycles. The number of rotatable bonds is 1. The first kappa shape index (κ1) is 11.9. The Labute approximate surface area is 96.6 Å². The fourth-order valence-electron chi connectivity index (χ4n) is 2.75.